The van der Waals surface area contributed by atoms with Gasteiger partial charge in [-0.3, -0.25) is 4.79 Å². The van der Waals surface area contributed by atoms with Gasteiger partial charge in [-0.1, -0.05) is 32.8 Å². The summed E-state index contributed by atoms with van der Waals surface area (Å²) in [4.78, 5) is 14.8. The second kappa shape index (κ2) is 7.29. The van der Waals surface area contributed by atoms with Crippen molar-refractivity contribution in [2.45, 2.75) is 62.9 Å². The van der Waals surface area contributed by atoms with E-state index in [-0.39, 0.29) is 28.3 Å². The van der Waals surface area contributed by atoms with Gasteiger partial charge in [0.1, 0.15) is 0 Å². The van der Waals surface area contributed by atoms with E-state index in [0.29, 0.717) is 18.7 Å². The van der Waals surface area contributed by atoms with E-state index in [0.717, 1.165) is 32.1 Å². The first-order valence-corrected chi connectivity index (χ1v) is 10.8. The van der Waals surface area contributed by atoms with Crippen LogP contribution in [-0.2, 0) is 10.0 Å². The molecule has 3 rings (SSSR count). The third-order valence-corrected chi connectivity index (χ3v) is 7.19. The lowest BCUT2D eigenvalue weighted by Gasteiger charge is -2.42. The third-order valence-electron chi connectivity index (χ3n) is 5.67. The van der Waals surface area contributed by atoms with Crippen LogP contribution in [0.5, 0.6) is 0 Å². The number of piperidine rings is 1. The van der Waals surface area contributed by atoms with Crippen molar-refractivity contribution in [2.75, 3.05) is 13.1 Å². The first-order valence-electron chi connectivity index (χ1n) is 9.36. The first-order chi connectivity index (χ1) is 12.2. The zero-order chi connectivity index (χ0) is 18.9. The number of amides is 1. The summed E-state index contributed by atoms with van der Waals surface area (Å²) < 4.78 is 28.0. The van der Waals surface area contributed by atoms with Gasteiger partial charge in [0.2, 0.25) is 10.0 Å². The normalized spacial score (nSPS) is 24.0. The number of sulfonamides is 1. The molecule has 1 aromatic carbocycles. The van der Waals surface area contributed by atoms with Gasteiger partial charge in [-0.2, -0.15) is 0 Å². The Labute approximate surface area is 156 Å². The van der Waals surface area contributed by atoms with Gasteiger partial charge in [0, 0.05) is 30.7 Å². The van der Waals surface area contributed by atoms with Crippen molar-refractivity contribution in [1.29, 1.82) is 0 Å². The molecule has 6 nitrogen and oxygen atoms in total. The summed E-state index contributed by atoms with van der Waals surface area (Å²) in [5.74, 6) is -0.136. The molecular formula is C19H29N3O3S. The van der Waals surface area contributed by atoms with Crippen molar-refractivity contribution < 1.29 is 13.2 Å². The van der Waals surface area contributed by atoms with Crippen LogP contribution in [0.15, 0.2) is 29.2 Å². The molecule has 0 radical (unpaired) electrons. The SMILES string of the molecule is CC1(C)CN(C(=O)c2cccc(S(=O)(=O)NC3CCCC3)c2)CCC1N. The quantitative estimate of drug-likeness (QED) is 0.838. The van der Waals surface area contributed by atoms with E-state index < -0.39 is 10.0 Å². The molecule has 144 valence electrons. The zero-order valence-electron chi connectivity index (χ0n) is 15.6. The summed E-state index contributed by atoms with van der Waals surface area (Å²) >= 11 is 0. The lowest BCUT2D eigenvalue weighted by molar-refractivity contribution is 0.0533. The van der Waals surface area contributed by atoms with Gasteiger partial charge in [0.15, 0.2) is 0 Å². The maximum Gasteiger partial charge on any atom is 0.253 e. The number of carbonyl (C=O) groups excluding carboxylic acids is 1. The molecule has 1 aromatic rings. The van der Waals surface area contributed by atoms with E-state index in [2.05, 4.69) is 18.6 Å². The minimum atomic E-state index is -3.60. The second-order valence-corrected chi connectivity index (χ2v) is 9.95. The highest BCUT2D eigenvalue weighted by Crippen LogP contribution is 2.29. The van der Waals surface area contributed by atoms with E-state index >= 15 is 0 Å². The van der Waals surface area contributed by atoms with Gasteiger partial charge in [-0.05, 0) is 42.9 Å². The largest absolute Gasteiger partial charge is 0.338 e. The predicted molar refractivity (Wildman–Crippen MR) is 101 cm³/mol. The number of hydrogen-bond acceptors (Lipinski definition) is 4. The average Bonchev–Trinajstić information content (AvgIpc) is 3.09. The molecule has 0 aromatic heterocycles. The topological polar surface area (TPSA) is 92.5 Å². The van der Waals surface area contributed by atoms with E-state index in [1.54, 1.807) is 23.1 Å². The fraction of sp³-hybridized carbons (Fsp3) is 0.632. The Hall–Kier alpha value is -1.44. The van der Waals surface area contributed by atoms with Gasteiger partial charge in [-0.15, -0.1) is 0 Å². The molecule has 3 N–H and O–H groups in total. The maximum atomic E-state index is 12.9. The molecule has 1 atom stereocenters. The number of likely N-dealkylation sites (tertiary alicyclic amines) is 1. The van der Waals surface area contributed by atoms with Crippen molar-refractivity contribution in [2.24, 2.45) is 11.1 Å². The van der Waals surface area contributed by atoms with E-state index in [1.165, 1.54) is 6.07 Å². The average molecular weight is 380 g/mol. The number of benzene rings is 1. The lowest BCUT2D eigenvalue weighted by atomic mass is 9.79. The second-order valence-electron chi connectivity index (χ2n) is 8.24. The van der Waals surface area contributed by atoms with Gasteiger partial charge >= 0.3 is 0 Å². The number of nitrogens with one attached hydrogen (secondary N) is 1. The van der Waals surface area contributed by atoms with E-state index in [4.69, 9.17) is 5.73 Å². The number of nitrogens with two attached hydrogens (primary N) is 1. The monoisotopic (exact) mass is 379 g/mol. The van der Waals surface area contributed by atoms with Crippen molar-refractivity contribution >= 4 is 15.9 Å². The number of nitrogens with zero attached hydrogens (tertiary/aromatic N) is 1. The molecule has 0 bridgehead atoms. The van der Waals surface area contributed by atoms with Crippen LogP contribution in [0.4, 0.5) is 0 Å². The first kappa shape index (κ1) is 19.3. The van der Waals surface area contributed by atoms with Crippen molar-refractivity contribution in [3.63, 3.8) is 0 Å². The summed E-state index contributed by atoms with van der Waals surface area (Å²) in [5.41, 5.74) is 6.40. The maximum absolute atomic E-state index is 12.9. The van der Waals surface area contributed by atoms with Gasteiger partial charge < -0.3 is 10.6 Å². The summed E-state index contributed by atoms with van der Waals surface area (Å²) in [6, 6.07) is 6.42. The van der Waals surface area contributed by atoms with Crippen molar-refractivity contribution in [3.05, 3.63) is 29.8 Å². The highest BCUT2D eigenvalue weighted by molar-refractivity contribution is 7.89. The molecule has 1 saturated carbocycles. The zero-order valence-corrected chi connectivity index (χ0v) is 16.4. The van der Waals surface area contributed by atoms with Crippen LogP contribution in [0.25, 0.3) is 0 Å². The number of rotatable bonds is 4. The van der Waals surface area contributed by atoms with Crippen LogP contribution in [0.2, 0.25) is 0 Å². The highest BCUT2D eigenvalue weighted by Gasteiger charge is 2.35. The standard InChI is InChI=1S/C19H29N3O3S/c1-19(2)13-22(11-10-17(19)20)18(23)14-6-5-9-16(12-14)26(24,25)21-15-7-3-4-8-15/h5-6,9,12,15,17,21H,3-4,7-8,10-11,13,20H2,1-2H3. The van der Waals surface area contributed by atoms with Gasteiger partial charge in [-0.25, -0.2) is 13.1 Å². The van der Waals surface area contributed by atoms with Gasteiger partial charge in [0.25, 0.3) is 5.91 Å². The molecule has 1 saturated heterocycles. The Morgan fingerprint density at radius 1 is 1.23 bits per heavy atom. The Morgan fingerprint density at radius 3 is 2.58 bits per heavy atom. The lowest BCUT2D eigenvalue weighted by Crippen LogP contribution is -2.54. The third kappa shape index (κ3) is 4.10. The molecule has 2 fully saturated rings. The Balaban J connectivity index is 1.77. The highest BCUT2D eigenvalue weighted by atomic mass is 32.2. The molecule has 0 spiro atoms. The summed E-state index contributed by atoms with van der Waals surface area (Å²) in [5, 5.41) is 0. The molecule has 1 aliphatic heterocycles. The Bertz CT molecular complexity index is 770. The van der Waals surface area contributed by atoms with Crippen LogP contribution < -0.4 is 10.5 Å². The van der Waals surface area contributed by atoms with E-state index in [1.807, 2.05) is 0 Å². The van der Waals surface area contributed by atoms with Crippen molar-refractivity contribution in [1.82, 2.24) is 9.62 Å². The molecule has 2 aliphatic rings. The number of hydrogen-bond donors (Lipinski definition) is 2. The fourth-order valence-corrected chi connectivity index (χ4v) is 5.21. The van der Waals surface area contributed by atoms with Crippen molar-refractivity contribution in [3.8, 4) is 0 Å². The fourth-order valence-electron chi connectivity index (χ4n) is 3.86. The molecule has 7 heteroatoms. The molecular weight excluding hydrogens is 350 g/mol. The molecule has 1 heterocycles. The number of carbonyl (C=O) groups is 1. The Morgan fingerprint density at radius 2 is 1.92 bits per heavy atom. The summed E-state index contributed by atoms with van der Waals surface area (Å²) in [6.45, 7) is 5.29. The smallest absolute Gasteiger partial charge is 0.253 e. The molecule has 26 heavy (non-hydrogen) atoms. The van der Waals surface area contributed by atoms with E-state index in [9.17, 15) is 13.2 Å². The minimum absolute atomic E-state index is 0.00346. The summed E-state index contributed by atoms with van der Waals surface area (Å²) in [7, 11) is -3.60. The van der Waals surface area contributed by atoms with Crippen LogP contribution in [-0.4, -0.2) is 44.4 Å². The summed E-state index contributed by atoms with van der Waals surface area (Å²) in [6.07, 6.45) is 4.61. The van der Waals surface area contributed by atoms with Crippen LogP contribution >= 0.6 is 0 Å². The van der Waals surface area contributed by atoms with Crippen LogP contribution in [0.1, 0.15) is 56.3 Å². The molecule has 1 unspecified atom stereocenters. The molecule has 1 amide bonds. The predicted octanol–water partition coefficient (Wildman–Crippen LogP) is 2.11. The van der Waals surface area contributed by atoms with Crippen LogP contribution in [0, 0.1) is 5.41 Å². The minimum Gasteiger partial charge on any atom is -0.338 e. The Kier molecular flexibility index (Phi) is 5.42. The molecule has 1 aliphatic carbocycles. The van der Waals surface area contributed by atoms with Crippen LogP contribution in [0.3, 0.4) is 0 Å². The van der Waals surface area contributed by atoms with Gasteiger partial charge in [0.05, 0.1) is 4.90 Å².